The summed E-state index contributed by atoms with van der Waals surface area (Å²) in [7, 11) is 1.63. The van der Waals surface area contributed by atoms with E-state index < -0.39 is 0 Å². The maximum atomic E-state index is 13.3. The van der Waals surface area contributed by atoms with Crippen LogP contribution in [-0.4, -0.2) is 44.3 Å². The number of ether oxygens (including phenoxy) is 3. The lowest BCUT2D eigenvalue weighted by Crippen LogP contribution is -2.35. The lowest BCUT2D eigenvalue weighted by Gasteiger charge is -2.24. The van der Waals surface area contributed by atoms with E-state index in [4.69, 9.17) is 14.2 Å². The van der Waals surface area contributed by atoms with Crippen molar-refractivity contribution in [3.8, 4) is 11.5 Å². The third-order valence-electron chi connectivity index (χ3n) is 6.17. The van der Waals surface area contributed by atoms with Gasteiger partial charge in [0.05, 0.1) is 26.7 Å². The molecule has 0 spiro atoms. The van der Waals surface area contributed by atoms with Gasteiger partial charge in [-0.15, -0.1) is 0 Å². The monoisotopic (exact) mass is 459 g/mol. The molecule has 0 radical (unpaired) electrons. The highest BCUT2D eigenvalue weighted by atomic mass is 16.5. The third-order valence-corrected chi connectivity index (χ3v) is 6.17. The molecule has 0 saturated carbocycles. The molecule has 0 unspecified atom stereocenters. The lowest BCUT2D eigenvalue weighted by molar-refractivity contribution is -0.132. The Hall–Kier alpha value is -3.31. The predicted octanol–water partition coefficient (Wildman–Crippen LogP) is 4.83. The van der Waals surface area contributed by atoms with Crippen LogP contribution >= 0.6 is 0 Å². The maximum Gasteiger partial charge on any atom is 0.227 e. The molecule has 5 nitrogen and oxygen atoms in total. The van der Waals surface area contributed by atoms with Crippen LogP contribution in [0.5, 0.6) is 11.5 Å². The number of hydrogen-bond acceptors (Lipinski definition) is 4. The van der Waals surface area contributed by atoms with Gasteiger partial charge in [0.25, 0.3) is 0 Å². The molecular formula is C29H33NO4. The number of nitrogens with zero attached hydrogens (tertiary/aromatic N) is 1. The molecule has 0 aliphatic carbocycles. The molecule has 2 bridgehead atoms. The van der Waals surface area contributed by atoms with Crippen LogP contribution < -0.4 is 9.47 Å². The second-order valence-corrected chi connectivity index (χ2v) is 8.56. The number of fused-ring (bicyclic) bond motifs is 3. The van der Waals surface area contributed by atoms with Gasteiger partial charge in [-0.25, -0.2) is 0 Å². The molecule has 1 aliphatic heterocycles. The molecule has 178 valence electrons. The van der Waals surface area contributed by atoms with Crippen LogP contribution in [0, 0.1) is 0 Å². The molecule has 3 aromatic carbocycles. The highest BCUT2D eigenvalue weighted by molar-refractivity contribution is 5.79. The minimum atomic E-state index is 0.0554. The Bertz CT molecular complexity index is 1110. The van der Waals surface area contributed by atoms with E-state index in [1.165, 1.54) is 16.7 Å². The Morgan fingerprint density at radius 2 is 1.82 bits per heavy atom. The van der Waals surface area contributed by atoms with Crippen LogP contribution in [0.25, 0.3) is 0 Å². The van der Waals surface area contributed by atoms with Gasteiger partial charge in [-0.05, 0) is 40.8 Å². The Kier molecular flexibility index (Phi) is 8.21. The highest BCUT2D eigenvalue weighted by Crippen LogP contribution is 2.25. The molecule has 1 amide bonds. The molecule has 0 fully saturated rings. The van der Waals surface area contributed by atoms with Crippen LogP contribution in [-0.2, 0) is 35.3 Å². The Morgan fingerprint density at radius 1 is 0.971 bits per heavy atom. The van der Waals surface area contributed by atoms with E-state index in [-0.39, 0.29) is 5.91 Å². The molecule has 0 saturated heterocycles. The molecule has 34 heavy (non-hydrogen) atoms. The normalized spacial score (nSPS) is 14.5. The average Bonchev–Trinajstić information content (AvgIpc) is 2.86. The van der Waals surface area contributed by atoms with Crippen molar-refractivity contribution in [3.05, 3.63) is 94.5 Å². The fraction of sp³-hybridized carbons (Fsp3) is 0.345. The van der Waals surface area contributed by atoms with E-state index in [0.717, 1.165) is 35.5 Å². The number of methoxy groups -OCH3 is 1. The summed E-state index contributed by atoms with van der Waals surface area (Å²) in [6.45, 7) is 4.65. The van der Waals surface area contributed by atoms with E-state index in [9.17, 15) is 4.79 Å². The predicted molar refractivity (Wildman–Crippen MR) is 133 cm³/mol. The number of amides is 1. The van der Waals surface area contributed by atoms with Crippen molar-refractivity contribution in [2.45, 2.75) is 32.7 Å². The van der Waals surface area contributed by atoms with E-state index in [0.29, 0.717) is 39.3 Å². The fourth-order valence-corrected chi connectivity index (χ4v) is 4.31. The molecule has 0 aromatic heterocycles. The third kappa shape index (κ3) is 6.17. The van der Waals surface area contributed by atoms with Crippen molar-refractivity contribution < 1.29 is 19.0 Å². The summed E-state index contributed by atoms with van der Waals surface area (Å²) in [5.41, 5.74) is 5.68. The van der Waals surface area contributed by atoms with Gasteiger partial charge in [0.2, 0.25) is 5.91 Å². The summed E-state index contributed by atoms with van der Waals surface area (Å²) in [6, 6.07) is 22.6. The van der Waals surface area contributed by atoms with Gasteiger partial charge >= 0.3 is 0 Å². The summed E-state index contributed by atoms with van der Waals surface area (Å²) < 4.78 is 17.3. The van der Waals surface area contributed by atoms with Gasteiger partial charge < -0.3 is 19.1 Å². The van der Waals surface area contributed by atoms with E-state index in [1.807, 2.05) is 29.2 Å². The first kappa shape index (κ1) is 23.8. The quantitative estimate of drug-likeness (QED) is 0.561. The van der Waals surface area contributed by atoms with Crippen LogP contribution in [0.4, 0.5) is 0 Å². The standard InChI is InChI=1S/C29H33NO4/c1-3-22-11-12-28-26(18-22)19-23-7-6-8-24(17-23)21-30(13-14-33-15-16-34-28)29(31)20-25-9-4-5-10-27(25)32-2/h4-12,17-18H,3,13-16,19-21H2,1-2H3. The number of benzene rings is 3. The summed E-state index contributed by atoms with van der Waals surface area (Å²) in [5.74, 6) is 1.70. The van der Waals surface area contributed by atoms with Crippen molar-refractivity contribution in [2.24, 2.45) is 0 Å². The second kappa shape index (κ2) is 11.7. The molecule has 0 atom stereocenters. The smallest absolute Gasteiger partial charge is 0.227 e. The van der Waals surface area contributed by atoms with Gasteiger partial charge in [0.1, 0.15) is 18.1 Å². The van der Waals surface area contributed by atoms with Crippen LogP contribution in [0.15, 0.2) is 66.7 Å². The van der Waals surface area contributed by atoms with Crippen molar-refractivity contribution in [2.75, 3.05) is 33.5 Å². The number of rotatable bonds is 4. The van der Waals surface area contributed by atoms with Crippen LogP contribution in [0.1, 0.15) is 34.7 Å². The number of hydrogen-bond donors (Lipinski definition) is 0. The van der Waals surface area contributed by atoms with E-state index in [1.54, 1.807) is 7.11 Å². The van der Waals surface area contributed by atoms with Gasteiger partial charge in [-0.2, -0.15) is 0 Å². The topological polar surface area (TPSA) is 48.0 Å². The van der Waals surface area contributed by atoms with Crippen molar-refractivity contribution in [1.82, 2.24) is 4.90 Å². The zero-order valence-corrected chi connectivity index (χ0v) is 20.1. The first-order valence-corrected chi connectivity index (χ1v) is 12.0. The van der Waals surface area contributed by atoms with E-state index >= 15 is 0 Å². The lowest BCUT2D eigenvalue weighted by atomic mass is 9.99. The minimum Gasteiger partial charge on any atom is -0.496 e. The summed E-state index contributed by atoms with van der Waals surface area (Å²) in [6.07, 6.45) is 2.06. The van der Waals surface area contributed by atoms with Gasteiger partial charge in [0.15, 0.2) is 0 Å². The average molecular weight is 460 g/mol. The van der Waals surface area contributed by atoms with E-state index in [2.05, 4.69) is 49.4 Å². The summed E-state index contributed by atoms with van der Waals surface area (Å²) in [5, 5.41) is 0. The van der Waals surface area contributed by atoms with Crippen LogP contribution in [0.3, 0.4) is 0 Å². The maximum absolute atomic E-state index is 13.3. The second-order valence-electron chi connectivity index (χ2n) is 8.56. The first-order valence-electron chi connectivity index (χ1n) is 12.0. The van der Waals surface area contributed by atoms with Gasteiger partial charge in [-0.1, -0.05) is 61.5 Å². The van der Waals surface area contributed by atoms with Gasteiger partial charge in [0, 0.05) is 25.1 Å². The molecule has 1 heterocycles. The Balaban J connectivity index is 1.57. The van der Waals surface area contributed by atoms with Crippen LogP contribution in [0.2, 0.25) is 0 Å². The molecule has 4 rings (SSSR count). The first-order chi connectivity index (χ1) is 16.7. The SMILES string of the molecule is CCc1ccc2c(c1)Cc1cccc(c1)CN(C(=O)Cc1ccccc1OC)CCOCCO2. The Labute approximate surface area is 202 Å². The largest absolute Gasteiger partial charge is 0.496 e. The highest BCUT2D eigenvalue weighted by Gasteiger charge is 2.17. The molecule has 3 aromatic rings. The Morgan fingerprint density at radius 3 is 2.68 bits per heavy atom. The van der Waals surface area contributed by atoms with Gasteiger partial charge in [-0.3, -0.25) is 4.79 Å². The fourth-order valence-electron chi connectivity index (χ4n) is 4.31. The van der Waals surface area contributed by atoms with Crippen molar-refractivity contribution >= 4 is 5.91 Å². The number of carbonyl (C=O) groups is 1. The molecule has 0 N–H and O–H groups in total. The zero-order valence-electron chi connectivity index (χ0n) is 20.1. The summed E-state index contributed by atoms with van der Waals surface area (Å²) in [4.78, 5) is 15.2. The molecule has 1 aliphatic rings. The summed E-state index contributed by atoms with van der Waals surface area (Å²) >= 11 is 0. The van der Waals surface area contributed by atoms with Crippen molar-refractivity contribution in [3.63, 3.8) is 0 Å². The molecular weight excluding hydrogens is 426 g/mol. The zero-order chi connectivity index (χ0) is 23.8. The molecule has 5 heteroatoms. The number of aryl methyl sites for hydroxylation is 1. The minimum absolute atomic E-state index is 0.0554. The number of carbonyl (C=O) groups excluding carboxylic acids is 1. The van der Waals surface area contributed by atoms with Crippen molar-refractivity contribution in [1.29, 1.82) is 0 Å². The number of para-hydroxylation sites is 1.